The summed E-state index contributed by atoms with van der Waals surface area (Å²) in [5.41, 5.74) is 2.29. The van der Waals surface area contributed by atoms with Crippen LogP contribution in [-0.2, 0) is 0 Å². The summed E-state index contributed by atoms with van der Waals surface area (Å²) in [6.07, 6.45) is 0. The van der Waals surface area contributed by atoms with E-state index in [1.165, 1.54) is 12.7 Å². The molecule has 0 aliphatic rings. The van der Waals surface area contributed by atoms with E-state index in [-0.39, 0.29) is 0 Å². The Morgan fingerprint density at radius 2 is 1.75 bits per heavy atom. The van der Waals surface area contributed by atoms with Gasteiger partial charge in [0.2, 0.25) is 0 Å². The predicted octanol–water partition coefficient (Wildman–Crippen LogP) is 5.98. The molecule has 0 nitrogen and oxygen atoms in total. The largest absolute Gasteiger partial charge is 0.0836 e. The second kappa shape index (κ2) is 5.54. The Morgan fingerprint density at radius 3 is 2.38 bits per heavy atom. The zero-order valence-corrected chi connectivity index (χ0v) is 14.6. The van der Waals surface area contributed by atoms with Gasteiger partial charge in [0.15, 0.2) is 0 Å². The topological polar surface area (TPSA) is 0 Å². The fourth-order valence-electron chi connectivity index (χ4n) is 1.45. The molecule has 0 aliphatic heterocycles. The van der Waals surface area contributed by atoms with Crippen molar-refractivity contribution in [2.24, 2.45) is 0 Å². The lowest BCUT2D eigenvalue weighted by Crippen LogP contribution is -1.88. The fourth-order valence-corrected chi connectivity index (χ4v) is 4.25. The van der Waals surface area contributed by atoms with Crippen molar-refractivity contribution in [3.8, 4) is 11.1 Å². The third kappa shape index (κ3) is 2.73. The molecule has 4 heteroatoms. The van der Waals surface area contributed by atoms with E-state index in [2.05, 4.69) is 79.3 Å². The van der Waals surface area contributed by atoms with Crippen LogP contribution >= 0.6 is 72.7 Å². The molecule has 0 aromatic heterocycles. The van der Waals surface area contributed by atoms with Gasteiger partial charge in [-0.2, -0.15) is 0 Å². The van der Waals surface area contributed by atoms with Crippen molar-refractivity contribution in [3.05, 3.63) is 53.0 Å². The number of hydrogen-bond acceptors (Lipinski definition) is 0. The Labute approximate surface area is 135 Å². The van der Waals surface area contributed by atoms with E-state index in [0.717, 1.165) is 15.1 Å². The highest BCUT2D eigenvalue weighted by molar-refractivity contribution is 14.1. The third-order valence-corrected chi connectivity index (χ3v) is 4.76. The molecule has 0 bridgehead atoms. The summed E-state index contributed by atoms with van der Waals surface area (Å²) >= 11 is 14.4. The van der Waals surface area contributed by atoms with Crippen LogP contribution in [-0.4, -0.2) is 0 Å². The van der Waals surface area contributed by atoms with Crippen molar-refractivity contribution >= 4 is 72.7 Å². The standard InChI is InChI=1S/C12H6BrClI2/c13-7-4-5-8(11(16)6-7)12-9(14)2-1-3-10(12)15/h1-6H. The van der Waals surface area contributed by atoms with Crippen LogP contribution in [0.25, 0.3) is 11.1 Å². The molecule has 0 heterocycles. The van der Waals surface area contributed by atoms with Crippen molar-refractivity contribution < 1.29 is 0 Å². The van der Waals surface area contributed by atoms with Gasteiger partial charge in [0.1, 0.15) is 0 Å². The average molecular weight is 519 g/mol. The van der Waals surface area contributed by atoms with Gasteiger partial charge in [-0.25, -0.2) is 0 Å². The van der Waals surface area contributed by atoms with Gasteiger partial charge < -0.3 is 0 Å². The highest BCUT2D eigenvalue weighted by Gasteiger charge is 2.10. The number of halogens is 4. The van der Waals surface area contributed by atoms with Gasteiger partial charge >= 0.3 is 0 Å². The van der Waals surface area contributed by atoms with Crippen molar-refractivity contribution in [2.75, 3.05) is 0 Å². The van der Waals surface area contributed by atoms with Gasteiger partial charge in [-0.15, -0.1) is 0 Å². The quantitative estimate of drug-likeness (QED) is 0.407. The second-order valence-electron chi connectivity index (χ2n) is 3.22. The molecule has 0 aliphatic carbocycles. The summed E-state index contributed by atoms with van der Waals surface area (Å²) in [7, 11) is 0. The SMILES string of the molecule is Clc1cccc(I)c1-c1ccc(Br)cc1I. The van der Waals surface area contributed by atoms with Crippen molar-refractivity contribution in [3.63, 3.8) is 0 Å². The highest BCUT2D eigenvalue weighted by Crippen LogP contribution is 2.36. The maximum atomic E-state index is 6.26. The van der Waals surface area contributed by atoms with Crippen LogP contribution in [0.4, 0.5) is 0 Å². The van der Waals surface area contributed by atoms with Crippen molar-refractivity contribution in [2.45, 2.75) is 0 Å². The van der Waals surface area contributed by atoms with Crippen LogP contribution in [0.15, 0.2) is 40.9 Å². The molecule has 0 fully saturated rings. The summed E-state index contributed by atoms with van der Waals surface area (Å²) in [4.78, 5) is 0. The van der Waals surface area contributed by atoms with Gasteiger partial charge in [0.05, 0.1) is 0 Å². The fraction of sp³-hybridized carbons (Fsp3) is 0. The molecule has 0 atom stereocenters. The molecule has 0 spiro atoms. The van der Waals surface area contributed by atoms with Crippen LogP contribution in [0, 0.1) is 7.14 Å². The smallest absolute Gasteiger partial charge is 0.0495 e. The van der Waals surface area contributed by atoms with Crippen LogP contribution in [0.3, 0.4) is 0 Å². The maximum absolute atomic E-state index is 6.26. The first-order valence-electron chi connectivity index (χ1n) is 4.49. The van der Waals surface area contributed by atoms with Crippen molar-refractivity contribution in [1.82, 2.24) is 0 Å². The summed E-state index contributed by atoms with van der Waals surface area (Å²) in [6, 6.07) is 12.2. The molecular weight excluding hydrogens is 513 g/mol. The molecular formula is C12H6BrClI2. The summed E-state index contributed by atoms with van der Waals surface area (Å²) < 4.78 is 3.45. The first-order chi connectivity index (χ1) is 7.59. The molecule has 82 valence electrons. The van der Waals surface area contributed by atoms with Gasteiger partial charge in [0.25, 0.3) is 0 Å². The first-order valence-corrected chi connectivity index (χ1v) is 7.82. The highest BCUT2D eigenvalue weighted by atomic mass is 127. The van der Waals surface area contributed by atoms with Crippen LogP contribution in [0.5, 0.6) is 0 Å². The number of rotatable bonds is 1. The lowest BCUT2D eigenvalue weighted by atomic mass is 10.1. The lowest BCUT2D eigenvalue weighted by Gasteiger charge is -2.09. The summed E-state index contributed by atoms with van der Waals surface area (Å²) in [5, 5.41) is 0.798. The predicted molar refractivity (Wildman–Crippen MR) is 90.0 cm³/mol. The Kier molecular flexibility index (Phi) is 4.54. The Bertz CT molecular complexity index is 520. The molecule has 0 unspecified atom stereocenters. The first kappa shape index (κ1) is 13.1. The molecule has 0 saturated carbocycles. The summed E-state index contributed by atoms with van der Waals surface area (Å²) in [5.74, 6) is 0. The van der Waals surface area contributed by atoms with E-state index < -0.39 is 0 Å². The maximum Gasteiger partial charge on any atom is 0.0495 e. The molecule has 0 N–H and O–H groups in total. The molecule has 2 aromatic rings. The Morgan fingerprint density at radius 1 is 1.00 bits per heavy atom. The van der Waals surface area contributed by atoms with Gasteiger partial charge in [-0.05, 0) is 75.0 Å². The zero-order valence-electron chi connectivity index (χ0n) is 7.98. The monoisotopic (exact) mass is 518 g/mol. The van der Waals surface area contributed by atoms with E-state index in [9.17, 15) is 0 Å². The second-order valence-corrected chi connectivity index (χ2v) is 6.87. The van der Waals surface area contributed by atoms with E-state index in [1.807, 2.05) is 18.2 Å². The molecule has 2 aromatic carbocycles. The van der Waals surface area contributed by atoms with E-state index in [1.54, 1.807) is 0 Å². The lowest BCUT2D eigenvalue weighted by molar-refractivity contribution is 1.53. The minimum absolute atomic E-state index is 0.798. The minimum Gasteiger partial charge on any atom is -0.0836 e. The minimum atomic E-state index is 0.798. The van der Waals surface area contributed by atoms with E-state index in [4.69, 9.17) is 11.6 Å². The Hall–Kier alpha value is 0.670. The van der Waals surface area contributed by atoms with Crippen LogP contribution < -0.4 is 0 Å². The van der Waals surface area contributed by atoms with E-state index in [0.29, 0.717) is 0 Å². The molecule has 2 rings (SSSR count). The molecule has 0 radical (unpaired) electrons. The van der Waals surface area contributed by atoms with Crippen LogP contribution in [0.1, 0.15) is 0 Å². The number of hydrogen-bond donors (Lipinski definition) is 0. The summed E-state index contributed by atoms with van der Waals surface area (Å²) in [6.45, 7) is 0. The van der Waals surface area contributed by atoms with Gasteiger partial charge in [0, 0.05) is 22.2 Å². The molecule has 0 saturated heterocycles. The van der Waals surface area contributed by atoms with Gasteiger partial charge in [-0.1, -0.05) is 39.7 Å². The zero-order chi connectivity index (χ0) is 11.7. The van der Waals surface area contributed by atoms with E-state index >= 15 is 0 Å². The molecule has 16 heavy (non-hydrogen) atoms. The molecule has 0 amide bonds. The Balaban J connectivity index is 2.68. The van der Waals surface area contributed by atoms with Crippen molar-refractivity contribution in [1.29, 1.82) is 0 Å². The van der Waals surface area contributed by atoms with Crippen LogP contribution in [0.2, 0.25) is 5.02 Å². The number of benzene rings is 2. The normalized spacial score (nSPS) is 10.5. The third-order valence-electron chi connectivity index (χ3n) is 2.16. The van der Waals surface area contributed by atoms with Gasteiger partial charge in [-0.3, -0.25) is 0 Å². The average Bonchev–Trinajstić information content (AvgIpc) is 2.20.